The number of rotatable bonds is 4. The molecule has 6 nitrogen and oxygen atoms in total. The standard InChI is InChI=1S/C19H21N5O/c1-13(2)23-9-8-15(12-23)24-18-16(11-20-24)19(25)22-17(21-18)10-14-6-4-3-5-7-14/h3-7,11,15H,1,8-10,12H2,2H3,(H,21,22,25). The topological polar surface area (TPSA) is 66.8 Å². The van der Waals surface area contributed by atoms with E-state index in [1.165, 1.54) is 0 Å². The SMILES string of the molecule is C=C(C)N1CCC(n2ncc3c(=O)[nH]c(Cc4ccccc4)nc32)C1. The van der Waals surface area contributed by atoms with Gasteiger partial charge in [0.05, 0.1) is 12.2 Å². The first kappa shape index (κ1) is 15.6. The van der Waals surface area contributed by atoms with Gasteiger partial charge in [-0.1, -0.05) is 36.9 Å². The number of fused-ring (bicyclic) bond motifs is 1. The van der Waals surface area contributed by atoms with E-state index in [2.05, 4.69) is 21.6 Å². The van der Waals surface area contributed by atoms with Crippen LogP contribution in [0.2, 0.25) is 0 Å². The van der Waals surface area contributed by atoms with E-state index in [0.717, 1.165) is 30.8 Å². The molecule has 1 fully saturated rings. The summed E-state index contributed by atoms with van der Waals surface area (Å²) in [6.45, 7) is 7.85. The summed E-state index contributed by atoms with van der Waals surface area (Å²) in [4.78, 5) is 22.3. The van der Waals surface area contributed by atoms with Crippen LogP contribution in [0.1, 0.15) is 30.8 Å². The van der Waals surface area contributed by atoms with E-state index in [1.807, 2.05) is 41.9 Å². The first-order valence-electron chi connectivity index (χ1n) is 8.52. The first-order chi connectivity index (χ1) is 12.1. The van der Waals surface area contributed by atoms with Crippen LogP contribution in [0.25, 0.3) is 11.0 Å². The zero-order chi connectivity index (χ0) is 17.4. The molecule has 6 heteroatoms. The van der Waals surface area contributed by atoms with Crippen molar-refractivity contribution in [1.82, 2.24) is 24.6 Å². The monoisotopic (exact) mass is 335 g/mol. The number of hydrogen-bond acceptors (Lipinski definition) is 4. The molecule has 1 saturated heterocycles. The molecule has 0 spiro atoms. The molecule has 25 heavy (non-hydrogen) atoms. The smallest absolute Gasteiger partial charge is 0.262 e. The average Bonchev–Trinajstić information content (AvgIpc) is 3.22. The summed E-state index contributed by atoms with van der Waals surface area (Å²) in [6, 6.07) is 10.2. The maximum Gasteiger partial charge on any atom is 0.262 e. The minimum Gasteiger partial charge on any atom is -0.373 e. The van der Waals surface area contributed by atoms with Crippen molar-refractivity contribution in [2.24, 2.45) is 0 Å². The molecule has 4 rings (SSSR count). The maximum absolute atomic E-state index is 12.4. The highest BCUT2D eigenvalue weighted by molar-refractivity contribution is 5.73. The highest BCUT2D eigenvalue weighted by Crippen LogP contribution is 2.25. The molecule has 3 aromatic rings. The summed E-state index contributed by atoms with van der Waals surface area (Å²) in [5, 5.41) is 5.00. The fourth-order valence-electron chi connectivity index (χ4n) is 3.41. The molecule has 0 amide bonds. The number of aromatic amines is 1. The van der Waals surface area contributed by atoms with Crippen molar-refractivity contribution in [3.8, 4) is 0 Å². The summed E-state index contributed by atoms with van der Waals surface area (Å²) in [7, 11) is 0. The highest BCUT2D eigenvalue weighted by Gasteiger charge is 2.26. The Morgan fingerprint density at radius 2 is 2.16 bits per heavy atom. The minimum atomic E-state index is -0.128. The van der Waals surface area contributed by atoms with Crippen LogP contribution in [0.4, 0.5) is 0 Å². The molecule has 0 radical (unpaired) electrons. The number of hydrogen-bond donors (Lipinski definition) is 1. The first-order valence-corrected chi connectivity index (χ1v) is 8.52. The van der Waals surface area contributed by atoms with Crippen molar-refractivity contribution < 1.29 is 0 Å². The summed E-state index contributed by atoms with van der Waals surface area (Å²) in [6.07, 6.45) is 3.20. The van der Waals surface area contributed by atoms with Crippen molar-refractivity contribution >= 4 is 11.0 Å². The van der Waals surface area contributed by atoms with Gasteiger partial charge in [0.15, 0.2) is 5.65 Å². The molecule has 1 atom stereocenters. The van der Waals surface area contributed by atoms with Crippen LogP contribution in [0, 0.1) is 0 Å². The molecule has 1 unspecified atom stereocenters. The predicted molar refractivity (Wildman–Crippen MR) is 97.4 cm³/mol. The lowest BCUT2D eigenvalue weighted by atomic mass is 10.1. The highest BCUT2D eigenvalue weighted by atomic mass is 16.1. The van der Waals surface area contributed by atoms with E-state index in [0.29, 0.717) is 23.3 Å². The van der Waals surface area contributed by atoms with Crippen molar-refractivity contribution in [2.75, 3.05) is 13.1 Å². The molecule has 1 aliphatic heterocycles. The Kier molecular flexibility index (Phi) is 3.87. The lowest BCUT2D eigenvalue weighted by Gasteiger charge is -2.18. The number of nitrogens with zero attached hydrogens (tertiary/aromatic N) is 4. The molecular weight excluding hydrogens is 314 g/mol. The second-order valence-electron chi connectivity index (χ2n) is 6.63. The quantitative estimate of drug-likeness (QED) is 0.795. The normalized spacial score (nSPS) is 17.3. The van der Waals surface area contributed by atoms with Gasteiger partial charge < -0.3 is 9.88 Å². The van der Waals surface area contributed by atoms with E-state index < -0.39 is 0 Å². The van der Waals surface area contributed by atoms with E-state index in [1.54, 1.807) is 6.20 Å². The minimum absolute atomic E-state index is 0.128. The lowest BCUT2D eigenvalue weighted by Crippen LogP contribution is -2.20. The summed E-state index contributed by atoms with van der Waals surface area (Å²) in [5.41, 5.74) is 2.72. The Balaban J connectivity index is 1.70. The molecule has 0 aliphatic carbocycles. The van der Waals surface area contributed by atoms with Gasteiger partial charge in [0, 0.05) is 25.2 Å². The molecular formula is C19H21N5O. The predicted octanol–water partition coefficient (Wildman–Crippen LogP) is 2.49. The number of nitrogens with one attached hydrogen (secondary N) is 1. The van der Waals surface area contributed by atoms with Crippen LogP contribution in [0.5, 0.6) is 0 Å². The fraction of sp³-hybridized carbons (Fsp3) is 0.316. The van der Waals surface area contributed by atoms with E-state index in [9.17, 15) is 4.79 Å². The Labute approximate surface area is 145 Å². The van der Waals surface area contributed by atoms with Crippen molar-refractivity contribution in [1.29, 1.82) is 0 Å². The van der Waals surface area contributed by atoms with Gasteiger partial charge in [-0.3, -0.25) is 4.79 Å². The summed E-state index contributed by atoms with van der Waals surface area (Å²) < 4.78 is 1.90. The van der Waals surface area contributed by atoms with E-state index >= 15 is 0 Å². The van der Waals surface area contributed by atoms with Crippen LogP contribution >= 0.6 is 0 Å². The third-order valence-electron chi connectivity index (χ3n) is 4.78. The van der Waals surface area contributed by atoms with Gasteiger partial charge in [-0.2, -0.15) is 5.10 Å². The fourth-order valence-corrected chi connectivity index (χ4v) is 3.41. The number of H-pyrrole nitrogens is 1. The molecule has 1 aliphatic rings. The van der Waals surface area contributed by atoms with Gasteiger partial charge in [-0.25, -0.2) is 9.67 Å². The van der Waals surface area contributed by atoms with Gasteiger partial charge >= 0.3 is 0 Å². The van der Waals surface area contributed by atoms with Crippen LogP contribution in [0.15, 0.2) is 53.6 Å². The number of likely N-dealkylation sites (tertiary alicyclic amines) is 1. The van der Waals surface area contributed by atoms with Gasteiger partial charge in [0.25, 0.3) is 5.56 Å². The van der Waals surface area contributed by atoms with E-state index in [4.69, 9.17) is 4.98 Å². The van der Waals surface area contributed by atoms with Crippen LogP contribution in [0.3, 0.4) is 0 Å². The van der Waals surface area contributed by atoms with Crippen LogP contribution < -0.4 is 5.56 Å². The van der Waals surface area contributed by atoms with Gasteiger partial charge in [-0.05, 0) is 18.9 Å². The van der Waals surface area contributed by atoms with Crippen molar-refractivity contribution in [3.63, 3.8) is 0 Å². The zero-order valence-electron chi connectivity index (χ0n) is 14.3. The third-order valence-corrected chi connectivity index (χ3v) is 4.78. The molecule has 1 N–H and O–H groups in total. The second-order valence-corrected chi connectivity index (χ2v) is 6.63. The van der Waals surface area contributed by atoms with Crippen LogP contribution in [-0.2, 0) is 6.42 Å². The molecule has 3 heterocycles. The second kappa shape index (κ2) is 6.20. The van der Waals surface area contributed by atoms with E-state index in [-0.39, 0.29) is 11.6 Å². The van der Waals surface area contributed by atoms with Gasteiger partial charge in [0.1, 0.15) is 11.2 Å². The van der Waals surface area contributed by atoms with Gasteiger partial charge in [0.2, 0.25) is 0 Å². The largest absolute Gasteiger partial charge is 0.373 e. The van der Waals surface area contributed by atoms with Crippen molar-refractivity contribution in [2.45, 2.75) is 25.8 Å². The summed E-state index contributed by atoms with van der Waals surface area (Å²) >= 11 is 0. The lowest BCUT2D eigenvalue weighted by molar-refractivity contribution is 0.395. The summed E-state index contributed by atoms with van der Waals surface area (Å²) in [5.74, 6) is 0.667. The molecule has 2 aromatic heterocycles. The Bertz CT molecular complexity index is 972. The van der Waals surface area contributed by atoms with Crippen molar-refractivity contribution in [3.05, 3.63) is 70.5 Å². The zero-order valence-corrected chi connectivity index (χ0v) is 14.3. The molecule has 1 aromatic carbocycles. The third kappa shape index (κ3) is 2.95. The van der Waals surface area contributed by atoms with Crippen LogP contribution in [-0.4, -0.2) is 37.7 Å². The number of benzene rings is 1. The molecule has 128 valence electrons. The number of allylic oxidation sites excluding steroid dienone is 1. The number of aromatic nitrogens is 4. The Morgan fingerprint density at radius 1 is 1.36 bits per heavy atom. The Hall–Kier alpha value is -2.89. The molecule has 0 bridgehead atoms. The molecule has 0 saturated carbocycles. The maximum atomic E-state index is 12.4. The average molecular weight is 335 g/mol. The van der Waals surface area contributed by atoms with Gasteiger partial charge in [-0.15, -0.1) is 0 Å². The Morgan fingerprint density at radius 3 is 2.88 bits per heavy atom.